The fraction of sp³-hybridized carbons (Fsp3) is 0.0800. The number of hydrogen-bond donors (Lipinski definition) is 2. The van der Waals surface area contributed by atoms with Crippen molar-refractivity contribution in [2.45, 2.75) is 6.92 Å². The van der Waals surface area contributed by atoms with Gasteiger partial charge in [-0.1, -0.05) is 48.5 Å². The van der Waals surface area contributed by atoms with E-state index < -0.39 is 5.97 Å². The number of benzene rings is 3. The first-order valence-corrected chi connectivity index (χ1v) is 10.8. The van der Waals surface area contributed by atoms with Crippen LogP contribution in [0.25, 0.3) is 27.8 Å². The minimum absolute atomic E-state index is 0. The Kier molecular flexibility index (Phi) is 8.57. The van der Waals surface area contributed by atoms with Crippen LogP contribution in [-0.4, -0.2) is 29.3 Å². The molecular formula is C25H20N3NaO4S. The van der Waals surface area contributed by atoms with E-state index >= 15 is 0 Å². The van der Waals surface area contributed by atoms with Gasteiger partial charge in [-0.2, -0.15) is 6.20 Å². The summed E-state index contributed by atoms with van der Waals surface area (Å²) < 4.78 is 5.64. The van der Waals surface area contributed by atoms with Gasteiger partial charge in [0.05, 0.1) is 17.7 Å². The topological polar surface area (TPSA) is 102 Å². The standard InChI is InChI=1S/C23H16N3O2S.C2H4O2.Na/c1-28-21-16(7-6-14-4-2-3-5-18(14)21)13-20-22(27)26-23(29-20)25-17-8-9-19-15(12-17)10-11-24-19;1-2(3)4;/h2-13H,1H3,(H,25,26,27);1H3,(H,3,4);/q-1;;+1. The summed E-state index contributed by atoms with van der Waals surface area (Å²) in [5.74, 6) is -0.247. The van der Waals surface area contributed by atoms with Crippen molar-refractivity contribution in [3.63, 3.8) is 0 Å². The maximum atomic E-state index is 12.5. The molecule has 5 rings (SSSR count). The number of fused-ring (bicyclic) bond motifs is 2. The Morgan fingerprint density at radius 1 is 1.12 bits per heavy atom. The fourth-order valence-corrected chi connectivity index (χ4v) is 4.23. The summed E-state index contributed by atoms with van der Waals surface area (Å²) >= 11 is 1.32. The van der Waals surface area contributed by atoms with Crippen LogP contribution in [0.1, 0.15) is 12.5 Å². The second kappa shape index (κ2) is 11.4. The van der Waals surface area contributed by atoms with Crippen LogP contribution in [0, 0.1) is 0 Å². The molecule has 1 saturated heterocycles. The molecule has 0 spiro atoms. The minimum Gasteiger partial charge on any atom is -0.664 e. The average molecular weight is 482 g/mol. The molecule has 2 N–H and O–H groups in total. The monoisotopic (exact) mass is 481 g/mol. The van der Waals surface area contributed by atoms with Crippen LogP contribution in [-0.2, 0) is 9.59 Å². The van der Waals surface area contributed by atoms with Crippen LogP contribution < -0.4 is 44.6 Å². The molecule has 0 unspecified atom stereocenters. The SMILES string of the molecule is CC(=O)O.COc1c(C=C2SC(=Nc3ccc4[n-]ccc4c3)NC2=O)ccc2ccccc12.[Na+]. The smallest absolute Gasteiger partial charge is 0.664 e. The summed E-state index contributed by atoms with van der Waals surface area (Å²) in [6.45, 7) is 1.08. The third-order valence-corrected chi connectivity index (χ3v) is 5.67. The quantitative estimate of drug-likeness (QED) is 0.343. The molecule has 9 heteroatoms. The van der Waals surface area contributed by atoms with Gasteiger partial charge >= 0.3 is 29.6 Å². The van der Waals surface area contributed by atoms with E-state index in [1.807, 2.05) is 66.7 Å². The maximum absolute atomic E-state index is 12.5. The number of aromatic nitrogens is 1. The molecule has 0 atom stereocenters. The first kappa shape index (κ1) is 25.6. The number of nitrogens with one attached hydrogen (secondary N) is 1. The van der Waals surface area contributed by atoms with Gasteiger partial charge < -0.3 is 20.1 Å². The van der Waals surface area contributed by atoms with Gasteiger partial charge in [-0.3, -0.25) is 9.59 Å². The van der Waals surface area contributed by atoms with Crippen LogP contribution in [0.2, 0.25) is 0 Å². The second-order valence-electron chi connectivity index (χ2n) is 7.10. The van der Waals surface area contributed by atoms with E-state index in [1.165, 1.54) is 11.8 Å². The average Bonchev–Trinajstić information content (AvgIpc) is 3.39. The van der Waals surface area contributed by atoms with Crippen LogP contribution in [0.5, 0.6) is 5.75 Å². The van der Waals surface area contributed by atoms with E-state index in [1.54, 1.807) is 13.3 Å². The summed E-state index contributed by atoms with van der Waals surface area (Å²) in [7, 11) is 1.65. The molecule has 0 bridgehead atoms. The van der Waals surface area contributed by atoms with Gasteiger partial charge in [-0.25, -0.2) is 4.99 Å². The number of carbonyl (C=O) groups excluding carboxylic acids is 1. The van der Waals surface area contributed by atoms with Crippen molar-refractivity contribution in [2.75, 3.05) is 7.11 Å². The number of carboxylic acid groups (broad SMARTS) is 1. The summed E-state index contributed by atoms with van der Waals surface area (Å²) in [5.41, 5.74) is 2.56. The second-order valence-corrected chi connectivity index (χ2v) is 8.13. The third-order valence-electron chi connectivity index (χ3n) is 4.76. The van der Waals surface area contributed by atoms with Crippen LogP contribution in [0.3, 0.4) is 0 Å². The zero-order valence-electron chi connectivity index (χ0n) is 18.9. The van der Waals surface area contributed by atoms with Crippen molar-refractivity contribution in [1.82, 2.24) is 10.3 Å². The number of hydrogen-bond acceptors (Lipinski definition) is 5. The van der Waals surface area contributed by atoms with Crippen LogP contribution in [0.15, 0.2) is 76.8 Å². The molecule has 1 aliphatic heterocycles. The predicted molar refractivity (Wildman–Crippen MR) is 132 cm³/mol. The molecule has 0 aliphatic carbocycles. The van der Waals surface area contributed by atoms with Gasteiger partial charge in [0.2, 0.25) is 0 Å². The molecule has 4 aromatic rings. The number of amidine groups is 1. The zero-order chi connectivity index (χ0) is 23.4. The first-order chi connectivity index (χ1) is 15.9. The molecule has 1 amide bonds. The Morgan fingerprint density at radius 3 is 2.65 bits per heavy atom. The Bertz CT molecular complexity index is 1420. The third kappa shape index (κ3) is 5.90. The number of nitrogens with zero attached hydrogens (tertiary/aromatic N) is 2. The molecule has 3 aromatic carbocycles. The van der Waals surface area contributed by atoms with Gasteiger partial charge in [0.1, 0.15) is 5.75 Å². The number of carboxylic acids is 1. The van der Waals surface area contributed by atoms with Crippen molar-refractivity contribution in [3.05, 3.63) is 77.3 Å². The molecule has 166 valence electrons. The number of thioether (sulfide) groups is 1. The van der Waals surface area contributed by atoms with Gasteiger partial charge in [0, 0.05) is 17.9 Å². The molecule has 1 fully saturated rings. The molecule has 34 heavy (non-hydrogen) atoms. The summed E-state index contributed by atoms with van der Waals surface area (Å²) in [5, 5.41) is 13.9. The number of aliphatic imine (C=N–C) groups is 1. The summed E-state index contributed by atoms with van der Waals surface area (Å²) in [6, 6.07) is 19.7. The first-order valence-electron chi connectivity index (χ1n) is 10.0. The molecular weight excluding hydrogens is 461 g/mol. The number of ether oxygens (including phenoxy) is 1. The minimum atomic E-state index is -0.833. The zero-order valence-corrected chi connectivity index (χ0v) is 21.7. The normalized spacial score (nSPS) is 15.1. The Morgan fingerprint density at radius 2 is 1.88 bits per heavy atom. The molecule has 0 radical (unpaired) electrons. The number of aliphatic carboxylic acids is 1. The van der Waals surface area contributed by atoms with E-state index in [9.17, 15) is 4.79 Å². The van der Waals surface area contributed by atoms with Crippen molar-refractivity contribution in [2.24, 2.45) is 4.99 Å². The van der Waals surface area contributed by atoms with E-state index in [-0.39, 0.29) is 35.5 Å². The summed E-state index contributed by atoms with van der Waals surface area (Å²) in [6.07, 6.45) is 3.61. The molecule has 1 aromatic heterocycles. The molecule has 7 nitrogen and oxygen atoms in total. The number of carbonyl (C=O) groups is 2. The number of amides is 1. The predicted octanol–water partition coefficient (Wildman–Crippen LogP) is 1.95. The largest absolute Gasteiger partial charge is 1.00 e. The van der Waals surface area contributed by atoms with Gasteiger partial charge in [-0.15, -0.1) is 5.52 Å². The fourth-order valence-electron chi connectivity index (χ4n) is 3.40. The van der Waals surface area contributed by atoms with Crippen molar-refractivity contribution >= 4 is 62.2 Å². The van der Waals surface area contributed by atoms with Gasteiger partial charge in [0.25, 0.3) is 11.9 Å². The Balaban J connectivity index is 0.000000603. The van der Waals surface area contributed by atoms with Crippen LogP contribution in [0.4, 0.5) is 5.69 Å². The Labute approximate surface area is 222 Å². The van der Waals surface area contributed by atoms with E-state index in [4.69, 9.17) is 14.6 Å². The van der Waals surface area contributed by atoms with E-state index in [0.29, 0.717) is 10.1 Å². The number of methoxy groups -OCH3 is 1. The molecule has 0 saturated carbocycles. The summed E-state index contributed by atoms with van der Waals surface area (Å²) in [4.78, 5) is 30.9. The molecule has 1 aliphatic rings. The van der Waals surface area contributed by atoms with Crippen molar-refractivity contribution < 1.29 is 49.0 Å². The van der Waals surface area contributed by atoms with E-state index in [2.05, 4.69) is 15.3 Å². The van der Waals surface area contributed by atoms with Crippen molar-refractivity contribution in [3.8, 4) is 5.75 Å². The van der Waals surface area contributed by atoms with Crippen LogP contribution >= 0.6 is 11.8 Å². The van der Waals surface area contributed by atoms with E-state index in [0.717, 1.165) is 45.6 Å². The van der Waals surface area contributed by atoms with Gasteiger partial charge in [0.15, 0.2) is 5.17 Å². The molecule has 2 heterocycles. The number of rotatable bonds is 3. The van der Waals surface area contributed by atoms with Crippen molar-refractivity contribution in [1.29, 1.82) is 0 Å². The van der Waals surface area contributed by atoms with Gasteiger partial charge in [-0.05, 0) is 40.7 Å². The Hall–Kier alpha value is -3.04. The maximum Gasteiger partial charge on any atom is 1.00 e.